The SMILES string of the molecule is CCCNC(C#N)(CCSc1ncns1)c1ccccc1. The standard InChI is InChI=1S/C15H18N4S2/c1-2-9-18-15(11-16,13-6-4-3-5-7-13)8-10-20-14-17-12-19-21-14/h3-7,12,18H,2,8-10H2,1H3. The quantitative estimate of drug-likeness (QED) is 0.755. The van der Waals surface area contributed by atoms with E-state index in [0.29, 0.717) is 0 Å². The summed E-state index contributed by atoms with van der Waals surface area (Å²) in [6, 6.07) is 12.5. The fraction of sp³-hybridized carbons (Fsp3) is 0.400. The normalized spacial score (nSPS) is 13.5. The topological polar surface area (TPSA) is 61.6 Å². The minimum Gasteiger partial charge on any atom is -0.296 e. The molecule has 0 spiro atoms. The van der Waals surface area contributed by atoms with Gasteiger partial charge in [0.15, 0.2) is 4.34 Å². The van der Waals surface area contributed by atoms with Gasteiger partial charge in [-0.15, -0.1) is 0 Å². The molecule has 21 heavy (non-hydrogen) atoms. The third kappa shape index (κ3) is 4.27. The number of nitrogens with one attached hydrogen (secondary N) is 1. The van der Waals surface area contributed by atoms with Gasteiger partial charge in [0, 0.05) is 5.75 Å². The Balaban J connectivity index is 2.09. The third-order valence-corrected chi connectivity index (χ3v) is 4.98. The Labute approximate surface area is 133 Å². The Morgan fingerprint density at radius 3 is 2.81 bits per heavy atom. The van der Waals surface area contributed by atoms with Crippen molar-refractivity contribution in [3.05, 3.63) is 42.2 Å². The van der Waals surface area contributed by atoms with Crippen molar-refractivity contribution in [2.75, 3.05) is 12.3 Å². The minimum absolute atomic E-state index is 0.630. The largest absolute Gasteiger partial charge is 0.296 e. The molecule has 2 aromatic rings. The van der Waals surface area contributed by atoms with Crippen LogP contribution in [0.1, 0.15) is 25.3 Å². The van der Waals surface area contributed by atoms with Crippen molar-refractivity contribution < 1.29 is 0 Å². The highest BCUT2D eigenvalue weighted by Gasteiger charge is 2.31. The second-order valence-electron chi connectivity index (χ2n) is 4.62. The first-order chi connectivity index (χ1) is 10.3. The molecule has 110 valence electrons. The average Bonchev–Trinajstić information content (AvgIpc) is 3.05. The van der Waals surface area contributed by atoms with Crippen molar-refractivity contribution in [1.82, 2.24) is 14.7 Å². The van der Waals surface area contributed by atoms with Crippen LogP contribution in [0.15, 0.2) is 41.0 Å². The first-order valence-corrected chi connectivity index (χ1v) is 8.68. The molecule has 1 N–H and O–H groups in total. The molecule has 0 fully saturated rings. The molecular formula is C15H18N4S2. The zero-order valence-corrected chi connectivity index (χ0v) is 13.6. The van der Waals surface area contributed by atoms with E-state index in [4.69, 9.17) is 0 Å². The molecule has 0 aliphatic rings. The van der Waals surface area contributed by atoms with Gasteiger partial charge in [0.05, 0.1) is 6.07 Å². The Hall–Kier alpha value is -1.42. The molecular weight excluding hydrogens is 300 g/mol. The molecule has 1 unspecified atom stereocenters. The van der Waals surface area contributed by atoms with Gasteiger partial charge in [-0.2, -0.15) is 9.64 Å². The predicted octanol–water partition coefficient (Wildman–Crippen LogP) is 3.44. The van der Waals surface area contributed by atoms with Crippen LogP contribution in [0.25, 0.3) is 0 Å². The van der Waals surface area contributed by atoms with Gasteiger partial charge in [-0.1, -0.05) is 49.0 Å². The van der Waals surface area contributed by atoms with Gasteiger partial charge in [0.1, 0.15) is 11.9 Å². The predicted molar refractivity (Wildman–Crippen MR) is 87.3 cm³/mol. The summed E-state index contributed by atoms with van der Waals surface area (Å²) >= 11 is 3.04. The van der Waals surface area contributed by atoms with Crippen LogP contribution in [0.3, 0.4) is 0 Å². The van der Waals surface area contributed by atoms with Gasteiger partial charge < -0.3 is 0 Å². The summed E-state index contributed by atoms with van der Waals surface area (Å²) < 4.78 is 4.94. The molecule has 1 aromatic carbocycles. The molecule has 0 amide bonds. The molecule has 0 radical (unpaired) electrons. The van der Waals surface area contributed by atoms with Gasteiger partial charge in [0.2, 0.25) is 0 Å². The molecule has 1 aromatic heterocycles. The first kappa shape index (κ1) is 16.0. The third-order valence-electron chi connectivity index (χ3n) is 3.18. The van der Waals surface area contributed by atoms with E-state index in [1.54, 1.807) is 18.1 Å². The highest BCUT2D eigenvalue weighted by Crippen LogP contribution is 2.29. The highest BCUT2D eigenvalue weighted by molar-refractivity contribution is 8.00. The number of benzene rings is 1. The van der Waals surface area contributed by atoms with Crippen molar-refractivity contribution in [1.29, 1.82) is 5.26 Å². The van der Waals surface area contributed by atoms with Crippen molar-refractivity contribution >= 4 is 23.3 Å². The lowest BCUT2D eigenvalue weighted by atomic mass is 9.88. The van der Waals surface area contributed by atoms with Crippen molar-refractivity contribution in [3.63, 3.8) is 0 Å². The number of nitriles is 1. The molecule has 0 bridgehead atoms. The maximum absolute atomic E-state index is 9.77. The molecule has 0 saturated heterocycles. The molecule has 2 rings (SSSR count). The first-order valence-electron chi connectivity index (χ1n) is 6.92. The van der Waals surface area contributed by atoms with Gasteiger partial charge in [-0.3, -0.25) is 5.32 Å². The summed E-state index contributed by atoms with van der Waals surface area (Å²) in [5.74, 6) is 0.828. The van der Waals surface area contributed by atoms with Crippen molar-refractivity contribution in [2.45, 2.75) is 29.6 Å². The van der Waals surface area contributed by atoms with E-state index in [9.17, 15) is 5.26 Å². The number of nitrogens with zero attached hydrogens (tertiary/aromatic N) is 3. The zero-order chi connectivity index (χ0) is 15.0. The molecule has 4 nitrogen and oxygen atoms in total. The Morgan fingerprint density at radius 1 is 1.38 bits per heavy atom. The Morgan fingerprint density at radius 2 is 2.19 bits per heavy atom. The van der Waals surface area contributed by atoms with E-state index in [1.165, 1.54) is 11.5 Å². The number of thioether (sulfide) groups is 1. The minimum atomic E-state index is -0.630. The van der Waals surface area contributed by atoms with E-state index < -0.39 is 5.54 Å². The summed E-state index contributed by atoms with van der Waals surface area (Å²) in [5.41, 5.74) is 0.397. The lowest BCUT2D eigenvalue weighted by Crippen LogP contribution is -2.42. The summed E-state index contributed by atoms with van der Waals surface area (Å²) in [6.07, 6.45) is 3.30. The molecule has 0 aliphatic carbocycles. The lowest BCUT2D eigenvalue weighted by molar-refractivity contribution is 0.416. The number of hydrogen-bond donors (Lipinski definition) is 1. The van der Waals surface area contributed by atoms with Crippen LogP contribution in [-0.2, 0) is 5.54 Å². The second-order valence-corrected chi connectivity index (χ2v) is 6.74. The van der Waals surface area contributed by atoms with Crippen LogP contribution in [0, 0.1) is 11.3 Å². The lowest BCUT2D eigenvalue weighted by Gasteiger charge is -2.28. The Kier molecular flexibility index (Phi) is 6.18. The fourth-order valence-corrected chi connectivity index (χ4v) is 3.65. The summed E-state index contributed by atoms with van der Waals surface area (Å²) in [7, 11) is 0. The number of rotatable bonds is 8. The van der Waals surface area contributed by atoms with Crippen molar-refractivity contribution in [3.8, 4) is 6.07 Å². The molecule has 0 aliphatic heterocycles. The molecule has 1 heterocycles. The highest BCUT2D eigenvalue weighted by atomic mass is 32.2. The van der Waals surface area contributed by atoms with Crippen LogP contribution in [0.5, 0.6) is 0 Å². The number of aromatic nitrogens is 2. The average molecular weight is 318 g/mol. The van der Waals surface area contributed by atoms with Gasteiger partial charge in [-0.05, 0) is 36.5 Å². The van der Waals surface area contributed by atoms with Gasteiger partial charge >= 0.3 is 0 Å². The fourth-order valence-electron chi connectivity index (χ4n) is 2.07. The second kappa shape index (κ2) is 8.13. The van der Waals surface area contributed by atoms with Crippen LogP contribution in [-0.4, -0.2) is 21.7 Å². The smallest absolute Gasteiger partial charge is 0.169 e. The summed E-state index contributed by atoms with van der Waals surface area (Å²) in [4.78, 5) is 4.16. The summed E-state index contributed by atoms with van der Waals surface area (Å²) in [5, 5.41) is 13.2. The number of hydrogen-bond acceptors (Lipinski definition) is 6. The van der Waals surface area contributed by atoms with E-state index in [1.807, 2.05) is 30.3 Å². The summed E-state index contributed by atoms with van der Waals surface area (Å²) in [6.45, 7) is 2.93. The maximum atomic E-state index is 9.77. The van der Waals surface area contributed by atoms with Crippen LogP contribution >= 0.6 is 23.3 Å². The van der Waals surface area contributed by atoms with Crippen LogP contribution in [0.2, 0.25) is 0 Å². The van der Waals surface area contributed by atoms with Gasteiger partial charge in [-0.25, -0.2) is 4.98 Å². The monoisotopic (exact) mass is 318 g/mol. The maximum Gasteiger partial charge on any atom is 0.169 e. The van der Waals surface area contributed by atoms with E-state index in [0.717, 1.165) is 35.0 Å². The Bertz CT molecular complexity index is 565. The van der Waals surface area contributed by atoms with Gasteiger partial charge in [0.25, 0.3) is 0 Å². The van der Waals surface area contributed by atoms with Crippen LogP contribution in [0.4, 0.5) is 0 Å². The van der Waals surface area contributed by atoms with Crippen molar-refractivity contribution in [2.24, 2.45) is 0 Å². The molecule has 1 atom stereocenters. The van der Waals surface area contributed by atoms with E-state index in [-0.39, 0.29) is 0 Å². The molecule has 0 saturated carbocycles. The van der Waals surface area contributed by atoms with E-state index in [2.05, 4.69) is 27.7 Å². The zero-order valence-electron chi connectivity index (χ0n) is 12.0. The van der Waals surface area contributed by atoms with Crippen LogP contribution < -0.4 is 5.32 Å². The van der Waals surface area contributed by atoms with E-state index >= 15 is 0 Å². The molecule has 6 heteroatoms.